The predicted molar refractivity (Wildman–Crippen MR) is 111 cm³/mol. The SMILES string of the molecule is CC1CC(C)CN(CCCNC(=O)CCN2C(=O)c3ccc(Br)cc3C2=O)C1. The van der Waals surface area contributed by atoms with Crippen molar-refractivity contribution in [3.8, 4) is 0 Å². The number of carbonyl (C=O) groups excluding carboxylic acids is 3. The van der Waals surface area contributed by atoms with Gasteiger partial charge in [-0.2, -0.15) is 0 Å². The number of hydrogen-bond acceptors (Lipinski definition) is 4. The molecule has 2 heterocycles. The molecule has 1 N–H and O–H groups in total. The number of halogens is 1. The molecule has 0 bridgehead atoms. The first kappa shape index (κ1) is 21.0. The summed E-state index contributed by atoms with van der Waals surface area (Å²) in [7, 11) is 0. The minimum atomic E-state index is -0.331. The molecule has 2 aliphatic heterocycles. The predicted octanol–water partition coefficient (Wildman–Crippen LogP) is 2.92. The van der Waals surface area contributed by atoms with Crippen LogP contribution in [0, 0.1) is 11.8 Å². The fourth-order valence-corrected chi connectivity index (χ4v) is 4.63. The number of fused-ring (bicyclic) bond motifs is 1. The Morgan fingerprint density at radius 3 is 2.50 bits per heavy atom. The summed E-state index contributed by atoms with van der Waals surface area (Å²) in [5, 5.41) is 2.91. The lowest BCUT2D eigenvalue weighted by atomic mass is 9.92. The normalized spacial score (nSPS) is 22.5. The Bertz CT molecular complexity index is 757. The van der Waals surface area contributed by atoms with Crippen molar-refractivity contribution >= 4 is 33.7 Å². The molecule has 2 aliphatic rings. The van der Waals surface area contributed by atoms with E-state index in [9.17, 15) is 14.4 Å². The first-order valence-corrected chi connectivity index (χ1v) is 10.8. The van der Waals surface area contributed by atoms with Crippen LogP contribution in [0.5, 0.6) is 0 Å². The van der Waals surface area contributed by atoms with E-state index in [4.69, 9.17) is 0 Å². The third-order valence-corrected chi connectivity index (χ3v) is 5.91. The molecule has 28 heavy (non-hydrogen) atoms. The second kappa shape index (κ2) is 9.18. The first-order chi connectivity index (χ1) is 13.3. The molecule has 7 heteroatoms. The molecule has 1 aromatic carbocycles. The second-order valence-electron chi connectivity index (χ2n) is 8.11. The van der Waals surface area contributed by atoms with Crippen molar-refractivity contribution in [2.24, 2.45) is 11.8 Å². The number of nitrogens with zero attached hydrogens (tertiary/aromatic N) is 2. The Morgan fingerprint density at radius 1 is 1.11 bits per heavy atom. The Morgan fingerprint density at radius 2 is 1.79 bits per heavy atom. The highest BCUT2D eigenvalue weighted by molar-refractivity contribution is 9.10. The first-order valence-electron chi connectivity index (χ1n) is 10.00. The number of piperidine rings is 1. The molecule has 0 aliphatic carbocycles. The quantitative estimate of drug-likeness (QED) is 0.513. The molecule has 3 amide bonds. The highest BCUT2D eigenvalue weighted by atomic mass is 79.9. The molecule has 2 unspecified atom stereocenters. The van der Waals surface area contributed by atoms with Gasteiger partial charge in [0.1, 0.15) is 0 Å². The Kier molecular flexibility index (Phi) is 6.88. The zero-order valence-electron chi connectivity index (χ0n) is 16.5. The summed E-state index contributed by atoms with van der Waals surface area (Å²) < 4.78 is 0.754. The summed E-state index contributed by atoms with van der Waals surface area (Å²) in [5.41, 5.74) is 0.795. The van der Waals surface area contributed by atoms with Crippen LogP contribution in [-0.4, -0.2) is 60.2 Å². The van der Waals surface area contributed by atoms with E-state index in [2.05, 4.69) is 40.0 Å². The fraction of sp³-hybridized carbons (Fsp3) is 0.571. The lowest BCUT2D eigenvalue weighted by molar-refractivity contribution is -0.121. The van der Waals surface area contributed by atoms with Gasteiger partial charge in [0.05, 0.1) is 11.1 Å². The van der Waals surface area contributed by atoms with E-state index in [1.54, 1.807) is 18.2 Å². The monoisotopic (exact) mass is 449 g/mol. The molecule has 152 valence electrons. The molecule has 6 nitrogen and oxygen atoms in total. The van der Waals surface area contributed by atoms with Gasteiger partial charge in [-0.15, -0.1) is 0 Å². The van der Waals surface area contributed by atoms with E-state index in [0.717, 1.165) is 47.3 Å². The summed E-state index contributed by atoms with van der Waals surface area (Å²) in [6, 6.07) is 5.03. The van der Waals surface area contributed by atoms with E-state index in [0.29, 0.717) is 17.7 Å². The summed E-state index contributed by atoms with van der Waals surface area (Å²) in [6.45, 7) is 8.57. The van der Waals surface area contributed by atoms with Crippen LogP contribution in [0.4, 0.5) is 0 Å². The van der Waals surface area contributed by atoms with Gasteiger partial charge in [-0.25, -0.2) is 0 Å². The van der Waals surface area contributed by atoms with E-state index < -0.39 is 0 Å². The number of hydrogen-bond donors (Lipinski definition) is 1. The van der Waals surface area contributed by atoms with Crippen molar-refractivity contribution in [2.45, 2.75) is 33.1 Å². The molecule has 1 saturated heterocycles. The van der Waals surface area contributed by atoms with Crippen LogP contribution >= 0.6 is 15.9 Å². The van der Waals surface area contributed by atoms with Crippen LogP contribution in [0.25, 0.3) is 0 Å². The summed E-state index contributed by atoms with van der Waals surface area (Å²) in [5.74, 6) is 0.687. The van der Waals surface area contributed by atoms with Gasteiger partial charge in [-0.05, 0) is 49.4 Å². The van der Waals surface area contributed by atoms with Crippen LogP contribution in [0.2, 0.25) is 0 Å². The average molecular weight is 450 g/mol. The van der Waals surface area contributed by atoms with Gasteiger partial charge < -0.3 is 10.2 Å². The molecular weight excluding hydrogens is 422 g/mol. The largest absolute Gasteiger partial charge is 0.356 e. The highest BCUT2D eigenvalue weighted by Gasteiger charge is 2.35. The number of imide groups is 1. The standard InChI is InChI=1S/C21H28BrN3O3/c1-14-10-15(2)13-24(12-14)8-3-7-23-19(26)6-9-25-20(27)17-5-4-16(22)11-18(17)21(25)28/h4-5,11,14-15H,3,6-10,12-13H2,1-2H3,(H,23,26). The van der Waals surface area contributed by atoms with Crippen molar-refractivity contribution in [1.82, 2.24) is 15.1 Å². The van der Waals surface area contributed by atoms with Crippen LogP contribution in [0.15, 0.2) is 22.7 Å². The van der Waals surface area contributed by atoms with Gasteiger partial charge >= 0.3 is 0 Å². The van der Waals surface area contributed by atoms with Gasteiger partial charge in [0.15, 0.2) is 0 Å². The maximum Gasteiger partial charge on any atom is 0.261 e. The second-order valence-corrected chi connectivity index (χ2v) is 9.03. The van der Waals surface area contributed by atoms with Crippen molar-refractivity contribution in [1.29, 1.82) is 0 Å². The minimum Gasteiger partial charge on any atom is -0.356 e. The number of nitrogens with one attached hydrogen (secondary N) is 1. The van der Waals surface area contributed by atoms with Gasteiger partial charge in [-0.3, -0.25) is 19.3 Å². The van der Waals surface area contributed by atoms with Crippen LogP contribution in [0.3, 0.4) is 0 Å². The Balaban J connectivity index is 1.38. The lowest BCUT2D eigenvalue weighted by Crippen LogP contribution is -2.40. The van der Waals surface area contributed by atoms with Gasteiger partial charge in [0.2, 0.25) is 5.91 Å². The van der Waals surface area contributed by atoms with Crippen LogP contribution in [-0.2, 0) is 4.79 Å². The van der Waals surface area contributed by atoms with E-state index in [-0.39, 0.29) is 30.7 Å². The molecule has 1 aromatic rings. The average Bonchev–Trinajstić information content (AvgIpc) is 2.86. The topological polar surface area (TPSA) is 69.7 Å². The van der Waals surface area contributed by atoms with Crippen molar-refractivity contribution < 1.29 is 14.4 Å². The maximum atomic E-state index is 12.4. The summed E-state index contributed by atoms with van der Waals surface area (Å²) in [6.07, 6.45) is 2.33. The van der Waals surface area contributed by atoms with Crippen molar-refractivity contribution in [2.75, 3.05) is 32.7 Å². The number of benzene rings is 1. The molecule has 0 spiro atoms. The summed E-state index contributed by atoms with van der Waals surface area (Å²) in [4.78, 5) is 40.5. The Labute approximate surface area is 174 Å². The number of likely N-dealkylation sites (tertiary alicyclic amines) is 1. The molecule has 3 rings (SSSR count). The summed E-state index contributed by atoms with van der Waals surface area (Å²) >= 11 is 3.32. The third-order valence-electron chi connectivity index (χ3n) is 5.41. The van der Waals surface area contributed by atoms with Crippen molar-refractivity contribution in [3.05, 3.63) is 33.8 Å². The van der Waals surface area contributed by atoms with E-state index >= 15 is 0 Å². The molecule has 0 saturated carbocycles. The van der Waals surface area contributed by atoms with Crippen molar-refractivity contribution in [3.63, 3.8) is 0 Å². The smallest absolute Gasteiger partial charge is 0.261 e. The van der Waals surface area contributed by atoms with Gasteiger partial charge in [0, 0.05) is 37.1 Å². The molecule has 0 radical (unpaired) electrons. The van der Waals surface area contributed by atoms with Gasteiger partial charge in [-0.1, -0.05) is 29.8 Å². The minimum absolute atomic E-state index is 0.108. The molecule has 2 atom stereocenters. The molecular formula is C21H28BrN3O3. The molecule has 0 aromatic heterocycles. The number of rotatable bonds is 7. The van der Waals surface area contributed by atoms with E-state index in [1.165, 1.54) is 6.42 Å². The van der Waals surface area contributed by atoms with Crippen LogP contribution < -0.4 is 5.32 Å². The van der Waals surface area contributed by atoms with Gasteiger partial charge in [0.25, 0.3) is 11.8 Å². The maximum absolute atomic E-state index is 12.4. The third kappa shape index (κ3) is 5.00. The number of amides is 3. The zero-order valence-corrected chi connectivity index (χ0v) is 18.1. The zero-order chi connectivity index (χ0) is 20.3. The number of carbonyl (C=O) groups is 3. The van der Waals surface area contributed by atoms with E-state index in [1.807, 2.05) is 0 Å². The highest BCUT2D eigenvalue weighted by Crippen LogP contribution is 2.26. The van der Waals surface area contributed by atoms with Crippen LogP contribution in [0.1, 0.15) is 53.8 Å². The molecule has 1 fully saturated rings. The lowest BCUT2D eigenvalue weighted by Gasteiger charge is -2.34. The Hall–Kier alpha value is -1.73. The fourth-order valence-electron chi connectivity index (χ4n) is 4.27.